The first-order chi connectivity index (χ1) is 12.1. The average molecular weight is 385 g/mol. The number of likely N-dealkylation sites (tertiary alicyclic amines) is 1. The zero-order valence-corrected chi connectivity index (χ0v) is 15.7. The van der Waals surface area contributed by atoms with E-state index in [1.807, 2.05) is 0 Å². The van der Waals surface area contributed by atoms with Crippen LogP contribution in [-0.4, -0.2) is 62.8 Å². The number of piperidine rings is 1. The Kier molecular flexibility index (Phi) is 6.22. The highest BCUT2D eigenvalue weighted by Crippen LogP contribution is 2.28. The van der Waals surface area contributed by atoms with Crippen molar-refractivity contribution in [3.05, 3.63) is 30.1 Å². The van der Waals surface area contributed by atoms with Gasteiger partial charge in [0.05, 0.1) is 5.75 Å². The molecule has 1 aliphatic heterocycles. The highest BCUT2D eigenvalue weighted by molar-refractivity contribution is 7.90. The van der Waals surface area contributed by atoms with Crippen LogP contribution in [0.5, 0.6) is 0 Å². The van der Waals surface area contributed by atoms with E-state index in [4.69, 9.17) is 0 Å². The van der Waals surface area contributed by atoms with Gasteiger partial charge >= 0.3 is 0 Å². The van der Waals surface area contributed by atoms with E-state index in [1.165, 1.54) is 19.2 Å². The van der Waals surface area contributed by atoms with Crippen molar-refractivity contribution in [2.75, 3.05) is 37.5 Å². The van der Waals surface area contributed by atoms with Gasteiger partial charge in [-0.05, 0) is 31.0 Å². The number of hydrogen-bond acceptors (Lipinski definition) is 5. The first kappa shape index (κ1) is 20.2. The van der Waals surface area contributed by atoms with Gasteiger partial charge in [-0.15, -0.1) is 0 Å². The lowest BCUT2D eigenvalue weighted by Crippen LogP contribution is -2.58. The molecule has 26 heavy (non-hydrogen) atoms. The van der Waals surface area contributed by atoms with E-state index in [1.54, 1.807) is 17.0 Å². The number of benzene rings is 1. The monoisotopic (exact) mass is 385 g/mol. The number of amides is 2. The van der Waals surface area contributed by atoms with Crippen LogP contribution in [0.3, 0.4) is 0 Å². The minimum absolute atomic E-state index is 0.0663. The summed E-state index contributed by atoms with van der Waals surface area (Å²) in [6.45, 7) is 0.636. The predicted octanol–water partition coefficient (Wildman–Crippen LogP) is 0.779. The predicted molar refractivity (Wildman–Crippen MR) is 97.0 cm³/mol. The largest absolute Gasteiger partial charge is 0.371 e. The molecule has 0 aliphatic carbocycles. The molecular weight excluding hydrogens is 361 g/mol. The third-order valence-corrected chi connectivity index (χ3v) is 5.47. The quantitative estimate of drug-likeness (QED) is 0.755. The number of anilines is 1. The summed E-state index contributed by atoms with van der Waals surface area (Å²) in [5.41, 5.74) is -0.457. The van der Waals surface area contributed by atoms with Gasteiger partial charge in [-0.2, -0.15) is 0 Å². The number of carbonyl (C=O) groups is 2. The molecule has 9 heteroatoms. The third-order valence-electron chi connectivity index (χ3n) is 4.53. The lowest BCUT2D eigenvalue weighted by atomic mass is 9.86. The van der Waals surface area contributed by atoms with Crippen molar-refractivity contribution in [3.63, 3.8) is 0 Å². The second-order valence-electron chi connectivity index (χ2n) is 6.56. The minimum Gasteiger partial charge on any atom is -0.371 e. The maximum Gasteiger partial charge on any atom is 0.245 e. The molecule has 0 unspecified atom stereocenters. The van der Waals surface area contributed by atoms with E-state index in [9.17, 15) is 22.4 Å². The summed E-state index contributed by atoms with van der Waals surface area (Å²) in [7, 11) is -1.67. The van der Waals surface area contributed by atoms with Crippen molar-refractivity contribution in [1.82, 2.24) is 10.2 Å². The smallest absolute Gasteiger partial charge is 0.245 e. The van der Waals surface area contributed by atoms with Crippen LogP contribution < -0.4 is 10.6 Å². The number of nitrogens with one attached hydrogen (secondary N) is 2. The fraction of sp³-hybridized carbons (Fsp3) is 0.529. The number of carbonyl (C=O) groups excluding carboxylic acids is 2. The lowest BCUT2D eigenvalue weighted by Gasteiger charge is -2.41. The van der Waals surface area contributed by atoms with Gasteiger partial charge in [0.1, 0.15) is 21.2 Å². The molecule has 0 atom stereocenters. The van der Waals surface area contributed by atoms with Gasteiger partial charge in [0.15, 0.2) is 0 Å². The molecule has 1 fully saturated rings. The number of sulfone groups is 1. The number of hydrogen-bond donors (Lipinski definition) is 2. The van der Waals surface area contributed by atoms with Crippen LogP contribution >= 0.6 is 0 Å². The number of likely N-dealkylation sites (N-methyl/N-ethyl adjacent to an activating group) is 1. The average Bonchev–Trinajstić information content (AvgIpc) is 2.59. The highest BCUT2D eigenvalue weighted by atomic mass is 32.2. The molecule has 0 radical (unpaired) electrons. The molecule has 2 N–H and O–H groups in total. The molecule has 2 amide bonds. The van der Waals surface area contributed by atoms with Crippen LogP contribution in [0.2, 0.25) is 0 Å². The van der Waals surface area contributed by atoms with Gasteiger partial charge in [-0.1, -0.05) is 6.07 Å². The van der Waals surface area contributed by atoms with E-state index in [0.717, 1.165) is 6.26 Å². The zero-order chi connectivity index (χ0) is 19.4. The van der Waals surface area contributed by atoms with Gasteiger partial charge < -0.3 is 15.5 Å². The van der Waals surface area contributed by atoms with Gasteiger partial charge in [-0.3, -0.25) is 9.59 Å². The molecule has 0 aromatic heterocycles. The summed E-state index contributed by atoms with van der Waals surface area (Å²) >= 11 is 0. The zero-order valence-electron chi connectivity index (χ0n) is 14.9. The summed E-state index contributed by atoms with van der Waals surface area (Å²) in [5, 5.41) is 5.74. The molecule has 1 aliphatic rings. The van der Waals surface area contributed by atoms with Crippen LogP contribution in [0.25, 0.3) is 0 Å². The third kappa shape index (κ3) is 5.17. The van der Waals surface area contributed by atoms with Gasteiger partial charge in [0.25, 0.3) is 0 Å². The summed E-state index contributed by atoms with van der Waals surface area (Å²) in [6.07, 6.45) is 1.71. The van der Waals surface area contributed by atoms with E-state index in [0.29, 0.717) is 31.6 Å². The molecular formula is C17H24FN3O4S. The first-order valence-electron chi connectivity index (χ1n) is 8.37. The minimum atomic E-state index is -3.20. The van der Waals surface area contributed by atoms with E-state index >= 15 is 0 Å². The normalized spacial score (nSPS) is 16.8. The Morgan fingerprint density at radius 1 is 1.27 bits per heavy atom. The van der Waals surface area contributed by atoms with E-state index in [2.05, 4.69) is 10.6 Å². The molecule has 0 bridgehead atoms. The Labute approximate surface area is 152 Å². The van der Waals surface area contributed by atoms with Crippen LogP contribution in [0, 0.1) is 5.82 Å². The topological polar surface area (TPSA) is 95.6 Å². The number of rotatable bonds is 6. The second-order valence-corrected chi connectivity index (χ2v) is 8.82. The summed E-state index contributed by atoms with van der Waals surface area (Å²) < 4.78 is 35.9. The summed E-state index contributed by atoms with van der Waals surface area (Å²) in [5.74, 6) is -1.07. The Hall–Kier alpha value is -2.16. The maximum atomic E-state index is 13.4. The van der Waals surface area contributed by atoms with Crippen LogP contribution in [0.15, 0.2) is 24.3 Å². The Morgan fingerprint density at radius 2 is 1.92 bits per heavy atom. The molecule has 144 valence electrons. The molecule has 0 saturated carbocycles. The lowest BCUT2D eigenvalue weighted by molar-refractivity contribution is -0.135. The van der Waals surface area contributed by atoms with Crippen LogP contribution in [0.4, 0.5) is 10.1 Å². The van der Waals surface area contributed by atoms with E-state index in [-0.39, 0.29) is 24.0 Å². The van der Waals surface area contributed by atoms with Crippen molar-refractivity contribution in [3.8, 4) is 0 Å². The Balaban J connectivity index is 2.07. The van der Waals surface area contributed by atoms with Gasteiger partial charge in [0.2, 0.25) is 11.8 Å². The van der Waals surface area contributed by atoms with Crippen molar-refractivity contribution in [1.29, 1.82) is 0 Å². The molecule has 0 spiro atoms. The number of nitrogens with zero attached hydrogens (tertiary/aromatic N) is 1. The van der Waals surface area contributed by atoms with Crippen LogP contribution in [0.1, 0.15) is 19.3 Å². The molecule has 1 saturated heterocycles. The SMILES string of the molecule is CNC(=O)C1(Nc2cccc(F)c2)CCN(C(=O)CCS(C)(=O)=O)CC1. The molecule has 1 heterocycles. The molecule has 2 rings (SSSR count). The number of halogens is 1. The van der Waals surface area contributed by atoms with E-state index < -0.39 is 21.2 Å². The Bertz CT molecular complexity index is 774. The van der Waals surface area contributed by atoms with Gasteiger partial charge in [-0.25, -0.2) is 12.8 Å². The first-order valence-corrected chi connectivity index (χ1v) is 10.4. The standard InChI is InChI=1S/C17H24FN3O4S/c1-19-16(23)17(20-14-5-3-4-13(18)12-14)7-9-21(10-8-17)15(22)6-11-26(2,24)25/h3-5,12,20H,6-11H2,1-2H3,(H,19,23). The van der Waals surface area contributed by atoms with Gasteiger partial charge in [0, 0.05) is 38.5 Å². The highest BCUT2D eigenvalue weighted by Gasteiger charge is 2.41. The van der Waals surface area contributed by atoms with Crippen molar-refractivity contribution in [2.24, 2.45) is 0 Å². The van der Waals surface area contributed by atoms with Crippen LogP contribution in [-0.2, 0) is 19.4 Å². The molecule has 1 aromatic carbocycles. The fourth-order valence-electron chi connectivity index (χ4n) is 3.06. The fourth-order valence-corrected chi connectivity index (χ4v) is 3.60. The second kappa shape index (κ2) is 8.03. The van der Waals surface area contributed by atoms with Crippen molar-refractivity contribution >= 4 is 27.3 Å². The van der Waals surface area contributed by atoms with Crippen molar-refractivity contribution < 1.29 is 22.4 Å². The molecule has 7 nitrogen and oxygen atoms in total. The molecule has 1 aromatic rings. The summed E-state index contributed by atoms with van der Waals surface area (Å²) in [6, 6.07) is 5.87. The summed E-state index contributed by atoms with van der Waals surface area (Å²) in [4.78, 5) is 26.2. The van der Waals surface area contributed by atoms with Crippen molar-refractivity contribution in [2.45, 2.75) is 24.8 Å². The maximum absolute atomic E-state index is 13.4. The Morgan fingerprint density at radius 3 is 2.46 bits per heavy atom.